The predicted octanol–water partition coefficient (Wildman–Crippen LogP) is 6.33. The van der Waals surface area contributed by atoms with E-state index in [1.54, 1.807) is 24.3 Å². The smallest absolute Gasteiger partial charge is 0.301 e. The number of rotatable bonds is 7. The van der Waals surface area contributed by atoms with E-state index >= 15 is 0 Å². The van der Waals surface area contributed by atoms with E-state index in [0.29, 0.717) is 20.8 Å². The van der Waals surface area contributed by atoms with Crippen molar-refractivity contribution in [2.75, 3.05) is 4.90 Å². The van der Waals surface area contributed by atoms with Crippen molar-refractivity contribution in [2.45, 2.75) is 36.4 Å². The summed E-state index contributed by atoms with van der Waals surface area (Å²) in [7, 11) is 0. The summed E-state index contributed by atoms with van der Waals surface area (Å²) in [5.41, 5.74) is 4.73. The van der Waals surface area contributed by atoms with Gasteiger partial charge in [0.25, 0.3) is 5.78 Å². The Hall–Kier alpha value is -3.75. The maximum Gasteiger partial charge on any atom is 0.301 e. The lowest BCUT2D eigenvalue weighted by Crippen LogP contribution is -2.29. The van der Waals surface area contributed by atoms with Gasteiger partial charge in [-0.25, -0.2) is 0 Å². The van der Waals surface area contributed by atoms with Crippen molar-refractivity contribution < 1.29 is 14.7 Å². The lowest BCUT2D eigenvalue weighted by molar-refractivity contribution is -0.132. The van der Waals surface area contributed by atoms with Crippen molar-refractivity contribution in [1.29, 1.82) is 0 Å². The topological polar surface area (TPSA) is 83.4 Å². The number of aliphatic hydroxyl groups excluding tert-OH is 1. The minimum absolute atomic E-state index is 0.0458. The molecule has 37 heavy (non-hydrogen) atoms. The number of hydrogen-bond donors (Lipinski definition) is 1. The molecule has 1 fully saturated rings. The van der Waals surface area contributed by atoms with Crippen LogP contribution in [0.1, 0.15) is 40.8 Å². The van der Waals surface area contributed by atoms with Crippen LogP contribution in [0, 0.1) is 6.92 Å². The number of aryl methyl sites for hydroxylation is 2. The maximum absolute atomic E-state index is 13.3. The number of ketones is 1. The van der Waals surface area contributed by atoms with Crippen LogP contribution < -0.4 is 4.90 Å². The number of thioether (sulfide) groups is 1. The molecule has 0 radical (unpaired) electrons. The second-order valence-corrected chi connectivity index (χ2v) is 10.9. The number of carbonyl (C=O) groups excluding carboxylic acids is 2. The molecule has 0 saturated carbocycles. The Balaban J connectivity index is 1.52. The van der Waals surface area contributed by atoms with E-state index in [0.717, 1.165) is 23.1 Å². The third-order valence-corrected chi connectivity index (χ3v) is 8.41. The first-order valence-corrected chi connectivity index (χ1v) is 13.7. The molecular formula is C29H25N3O3S2. The first kappa shape index (κ1) is 24.9. The first-order valence-electron chi connectivity index (χ1n) is 11.9. The van der Waals surface area contributed by atoms with Crippen LogP contribution in [0.3, 0.4) is 0 Å². The van der Waals surface area contributed by atoms with Crippen molar-refractivity contribution in [2.24, 2.45) is 0 Å². The highest BCUT2D eigenvalue weighted by Gasteiger charge is 2.48. The number of Topliss-reactive ketones (excluding diaryl/α,β-unsaturated/α-hetero) is 1. The SMILES string of the molecule is CCc1ccc(C2/C(=C(/O)c3ccccc3)C(=O)C(=O)N2c2nnc(SCc3ccc(C)cc3)s2)cc1. The predicted molar refractivity (Wildman–Crippen MR) is 148 cm³/mol. The lowest BCUT2D eigenvalue weighted by Gasteiger charge is -2.22. The molecular weight excluding hydrogens is 502 g/mol. The minimum atomic E-state index is -0.811. The van der Waals surface area contributed by atoms with Gasteiger partial charge in [0.05, 0.1) is 11.6 Å². The number of aromatic nitrogens is 2. The van der Waals surface area contributed by atoms with Crippen LogP contribution in [0.25, 0.3) is 5.76 Å². The molecule has 4 aromatic rings. The summed E-state index contributed by atoms with van der Waals surface area (Å²) in [5, 5.41) is 20.1. The standard InChI is InChI=1S/C29H25N3O3S2/c1-3-19-13-15-21(16-14-19)24-23(25(33)22-7-5-4-6-8-22)26(34)27(35)32(24)28-30-31-29(37-28)36-17-20-11-9-18(2)10-12-20/h4-16,24,33H,3,17H2,1-2H3/b25-23-. The van der Waals surface area contributed by atoms with Gasteiger partial charge in [0.1, 0.15) is 5.76 Å². The van der Waals surface area contributed by atoms with Crippen LogP contribution in [0.5, 0.6) is 0 Å². The number of nitrogens with zero attached hydrogens (tertiary/aromatic N) is 3. The summed E-state index contributed by atoms with van der Waals surface area (Å²) < 4.78 is 0.695. The fourth-order valence-electron chi connectivity index (χ4n) is 4.22. The normalized spacial score (nSPS) is 16.9. The Bertz CT molecular complexity index is 1460. The van der Waals surface area contributed by atoms with Crippen LogP contribution in [-0.2, 0) is 21.8 Å². The summed E-state index contributed by atoms with van der Waals surface area (Å²) in [6.07, 6.45) is 0.864. The molecule has 5 rings (SSSR count). The van der Waals surface area contributed by atoms with E-state index in [1.165, 1.54) is 33.6 Å². The van der Waals surface area contributed by atoms with Gasteiger partial charge < -0.3 is 5.11 Å². The molecule has 3 aromatic carbocycles. The van der Waals surface area contributed by atoms with Gasteiger partial charge >= 0.3 is 5.91 Å². The molecule has 1 aliphatic heterocycles. The van der Waals surface area contributed by atoms with Crippen molar-refractivity contribution >= 4 is 45.7 Å². The molecule has 8 heteroatoms. The molecule has 1 atom stereocenters. The molecule has 1 amide bonds. The zero-order valence-electron chi connectivity index (χ0n) is 20.4. The van der Waals surface area contributed by atoms with E-state index in [2.05, 4.69) is 41.4 Å². The highest BCUT2D eigenvalue weighted by atomic mass is 32.2. The van der Waals surface area contributed by atoms with Crippen LogP contribution in [0.4, 0.5) is 5.13 Å². The second kappa shape index (κ2) is 10.7. The molecule has 186 valence electrons. The monoisotopic (exact) mass is 527 g/mol. The summed E-state index contributed by atoms with van der Waals surface area (Å²) in [5.74, 6) is -0.961. The van der Waals surface area contributed by atoms with Crippen LogP contribution in [0.2, 0.25) is 0 Å². The fraction of sp³-hybridized carbons (Fsp3) is 0.172. The molecule has 1 saturated heterocycles. The molecule has 1 unspecified atom stereocenters. The molecule has 1 N–H and O–H groups in total. The molecule has 6 nitrogen and oxygen atoms in total. The van der Waals surface area contributed by atoms with Crippen molar-refractivity contribution in [3.8, 4) is 0 Å². The summed E-state index contributed by atoms with van der Waals surface area (Å²) in [4.78, 5) is 28.0. The molecule has 0 aliphatic carbocycles. The quantitative estimate of drug-likeness (QED) is 0.0995. The van der Waals surface area contributed by atoms with E-state index in [9.17, 15) is 14.7 Å². The average Bonchev–Trinajstić information content (AvgIpc) is 3.50. The van der Waals surface area contributed by atoms with Crippen molar-refractivity contribution in [3.63, 3.8) is 0 Å². The molecule has 0 bridgehead atoms. The van der Waals surface area contributed by atoms with E-state index in [1.807, 2.05) is 37.3 Å². The Morgan fingerprint density at radius 3 is 2.30 bits per heavy atom. The summed E-state index contributed by atoms with van der Waals surface area (Å²) in [6.45, 7) is 4.11. The van der Waals surface area contributed by atoms with Gasteiger partial charge in [0, 0.05) is 11.3 Å². The molecule has 1 aliphatic rings. The highest BCUT2D eigenvalue weighted by molar-refractivity contribution is 8.00. The van der Waals surface area contributed by atoms with Gasteiger partial charge in [-0.05, 0) is 30.0 Å². The zero-order valence-corrected chi connectivity index (χ0v) is 22.1. The number of hydrogen-bond acceptors (Lipinski definition) is 7. The Morgan fingerprint density at radius 2 is 1.62 bits per heavy atom. The third-order valence-electron chi connectivity index (χ3n) is 6.28. The third kappa shape index (κ3) is 5.08. The number of carbonyl (C=O) groups is 2. The van der Waals surface area contributed by atoms with Crippen molar-refractivity contribution in [1.82, 2.24) is 10.2 Å². The summed E-state index contributed by atoms with van der Waals surface area (Å²) in [6, 6.07) is 24.0. The van der Waals surface area contributed by atoms with Crippen LogP contribution in [-0.4, -0.2) is 27.0 Å². The van der Waals surface area contributed by atoms with Gasteiger partial charge in [0.2, 0.25) is 5.13 Å². The Morgan fingerprint density at radius 1 is 0.946 bits per heavy atom. The maximum atomic E-state index is 13.3. The first-order chi connectivity index (χ1) is 18.0. The van der Waals surface area contributed by atoms with Gasteiger partial charge in [-0.15, -0.1) is 10.2 Å². The number of benzene rings is 3. The van der Waals surface area contributed by atoms with Crippen LogP contribution >= 0.6 is 23.1 Å². The van der Waals surface area contributed by atoms with E-state index < -0.39 is 17.7 Å². The highest BCUT2D eigenvalue weighted by Crippen LogP contribution is 2.44. The van der Waals surface area contributed by atoms with Gasteiger partial charge in [-0.1, -0.05) is 114 Å². The second-order valence-electron chi connectivity index (χ2n) is 8.76. The lowest BCUT2D eigenvalue weighted by atomic mass is 9.94. The Kier molecular flexibility index (Phi) is 7.21. The van der Waals surface area contributed by atoms with Crippen LogP contribution in [0.15, 0.2) is 88.8 Å². The summed E-state index contributed by atoms with van der Waals surface area (Å²) >= 11 is 2.79. The van der Waals surface area contributed by atoms with E-state index in [-0.39, 0.29) is 11.3 Å². The zero-order chi connectivity index (χ0) is 25.9. The minimum Gasteiger partial charge on any atom is -0.507 e. The molecule has 2 heterocycles. The Labute approximate surface area is 223 Å². The van der Waals surface area contributed by atoms with Gasteiger partial charge in [-0.2, -0.15) is 0 Å². The number of amides is 1. The fourth-order valence-corrected chi connectivity index (χ4v) is 6.04. The number of aliphatic hydroxyl groups is 1. The number of anilines is 1. The van der Waals surface area contributed by atoms with Gasteiger partial charge in [0.15, 0.2) is 4.34 Å². The molecule has 1 aromatic heterocycles. The van der Waals surface area contributed by atoms with Crippen molar-refractivity contribution in [3.05, 3.63) is 112 Å². The largest absolute Gasteiger partial charge is 0.507 e. The van der Waals surface area contributed by atoms with Gasteiger partial charge in [-0.3, -0.25) is 14.5 Å². The average molecular weight is 528 g/mol. The molecule has 0 spiro atoms. The van der Waals surface area contributed by atoms with E-state index in [4.69, 9.17) is 0 Å².